The second kappa shape index (κ2) is 3.81. The first kappa shape index (κ1) is 9.22. The topological polar surface area (TPSA) is 16.6 Å². The van der Waals surface area contributed by atoms with Crippen LogP contribution in [0.3, 0.4) is 0 Å². The van der Waals surface area contributed by atoms with Crippen LogP contribution < -0.4 is 5.32 Å². The van der Waals surface area contributed by atoms with E-state index in [0.29, 0.717) is 6.04 Å². The maximum absolute atomic E-state index is 3.82. The zero-order chi connectivity index (χ0) is 9.97. The molecule has 2 rings (SSSR count). The van der Waals surface area contributed by atoms with Crippen LogP contribution in [0.15, 0.2) is 42.5 Å². The van der Waals surface area contributed by atoms with Gasteiger partial charge in [-0.2, -0.15) is 7.05 Å². The minimum Gasteiger partial charge on any atom is -0.473 e. The Bertz CT molecular complexity index is 434. The number of quaternary nitrogens is 1. The number of hydrogen-bond acceptors (Lipinski definition) is 0. The van der Waals surface area contributed by atoms with Gasteiger partial charge in [-0.15, -0.1) is 0 Å². The van der Waals surface area contributed by atoms with Crippen molar-refractivity contribution in [1.82, 2.24) is 0 Å². The number of hydrogen-bond donors (Lipinski definition) is 1. The molecule has 1 unspecified atom stereocenters. The first-order valence-corrected chi connectivity index (χ1v) is 4.92. The molecule has 1 heteroatoms. The lowest BCUT2D eigenvalue weighted by atomic mass is 10.0. The van der Waals surface area contributed by atoms with Crippen molar-refractivity contribution in [3.05, 3.63) is 55.1 Å². The van der Waals surface area contributed by atoms with E-state index >= 15 is 0 Å². The highest BCUT2D eigenvalue weighted by Gasteiger charge is 2.03. The van der Waals surface area contributed by atoms with E-state index in [4.69, 9.17) is 0 Å². The molecule has 1 atom stereocenters. The third-order valence-electron chi connectivity index (χ3n) is 2.65. The van der Waals surface area contributed by atoms with Crippen LogP contribution in [0.2, 0.25) is 0 Å². The van der Waals surface area contributed by atoms with Crippen molar-refractivity contribution < 1.29 is 5.32 Å². The summed E-state index contributed by atoms with van der Waals surface area (Å²) < 4.78 is 0. The van der Waals surface area contributed by atoms with Crippen LogP contribution in [0.5, 0.6) is 0 Å². The fourth-order valence-electron chi connectivity index (χ4n) is 1.63. The van der Waals surface area contributed by atoms with Gasteiger partial charge in [0.05, 0.1) is 6.04 Å². The van der Waals surface area contributed by atoms with Crippen LogP contribution in [0, 0.1) is 7.05 Å². The molecule has 0 heterocycles. The molecule has 0 spiro atoms. The van der Waals surface area contributed by atoms with Gasteiger partial charge in [0.15, 0.2) is 0 Å². The van der Waals surface area contributed by atoms with Crippen molar-refractivity contribution in [2.24, 2.45) is 0 Å². The summed E-state index contributed by atoms with van der Waals surface area (Å²) in [5, 5.41) is 4.58. The van der Waals surface area contributed by atoms with Crippen molar-refractivity contribution in [2.45, 2.75) is 13.0 Å². The van der Waals surface area contributed by atoms with Crippen LogP contribution in [0.1, 0.15) is 18.5 Å². The van der Waals surface area contributed by atoms with Crippen LogP contribution >= 0.6 is 0 Å². The second-order valence-electron chi connectivity index (χ2n) is 3.63. The summed E-state index contributed by atoms with van der Waals surface area (Å²) in [7, 11) is 3.82. The monoisotopic (exact) mass is 185 g/mol. The Morgan fingerprint density at radius 1 is 1.07 bits per heavy atom. The molecular weight excluding hydrogens is 170 g/mol. The number of rotatable bonds is 2. The Kier molecular flexibility index (Phi) is 2.51. The molecule has 2 aromatic carbocycles. The van der Waals surface area contributed by atoms with E-state index in [1.165, 1.54) is 16.3 Å². The Labute approximate surface area is 84.8 Å². The van der Waals surface area contributed by atoms with E-state index in [9.17, 15) is 0 Å². The van der Waals surface area contributed by atoms with Gasteiger partial charge in [-0.25, -0.2) is 0 Å². The summed E-state index contributed by atoms with van der Waals surface area (Å²) in [5.74, 6) is 0. The normalized spacial score (nSPS) is 13.0. The molecular formula is C13H15N. The third-order valence-corrected chi connectivity index (χ3v) is 2.65. The highest BCUT2D eigenvalue weighted by Crippen LogP contribution is 2.18. The molecule has 0 saturated carbocycles. The predicted octanol–water partition coefficient (Wildman–Crippen LogP) is 2.26. The minimum absolute atomic E-state index is 0.430. The zero-order valence-electron chi connectivity index (χ0n) is 8.40. The lowest BCUT2D eigenvalue weighted by molar-refractivity contribution is -0.637. The van der Waals surface area contributed by atoms with Crippen LogP contribution in [0.25, 0.3) is 10.8 Å². The molecule has 1 nitrogen and oxygen atoms in total. The number of nitrogens with two attached hydrogens (primary N) is 1. The average molecular weight is 185 g/mol. The highest BCUT2D eigenvalue weighted by atomic mass is 14.8. The van der Waals surface area contributed by atoms with Gasteiger partial charge in [0.1, 0.15) is 0 Å². The predicted molar refractivity (Wildman–Crippen MR) is 59.6 cm³/mol. The van der Waals surface area contributed by atoms with Crippen molar-refractivity contribution >= 4 is 10.8 Å². The zero-order valence-corrected chi connectivity index (χ0v) is 8.40. The molecule has 0 aliphatic heterocycles. The first-order chi connectivity index (χ1) is 6.81. The SMILES string of the molecule is [CH2-][NH2+]C(C)c1ccc2ccccc2c1. The molecule has 14 heavy (non-hydrogen) atoms. The van der Waals surface area contributed by atoms with E-state index in [2.05, 4.69) is 56.4 Å². The summed E-state index contributed by atoms with van der Waals surface area (Å²) >= 11 is 0. The highest BCUT2D eigenvalue weighted by molar-refractivity contribution is 5.83. The standard InChI is InChI=1S/C13H15N/c1-10(14-2)12-8-7-11-5-3-4-6-13(11)9-12/h3-10H,2,14H2,1H3. The Morgan fingerprint density at radius 2 is 1.79 bits per heavy atom. The molecule has 0 amide bonds. The number of benzene rings is 2. The van der Waals surface area contributed by atoms with Gasteiger partial charge in [0.2, 0.25) is 0 Å². The lowest BCUT2D eigenvalue weighted by Crippen LogP contribution is -2.77. The molecule has 0 aliphatic carbocycles. The molecule has 0 bridgehead atoms. The second-order valence-corrected chi connectivity index (χ2v) is 3.63. The fraction of sp³-hybridized carbons (Fsp3) is 0.154. The largest absolute Gasteiger partial charge is 0.473 e. The van der Waals surface area contributed by atoms with Gasteiger partial charge in [0.25, 0.3) is 0 Å². The third kappa shape index (κ3) is 1.64. The summed E-state index contributed by atoms with van der Waals surface area (Å²) in [4.78, 5) is 0. The molecule has 0 saturated heterocycles. The number of fused-ring (bicyclic) bond motifs is 1. The van der Waals surface area contributed by atoms with E-state index in [1.54, 1.807) is 0 Å². The van der Waals surface area contributed by atoms with Crippen LogP contribution in [0.4, 0.5) is 0 Å². The van der Waals surface area contributed by atoms with E-state index < -0.39 is 0 Å². The molecule has 0 fully saturated rings. The molecule has 2 N–H and O–H groups in total. The first-order valence-electron chi connectivity index (χ1n) is 4.92. The maximum atomic E-state index is 3.82. The van der Waals surface area contributed by atoms with Crippen LogP contribution in [-0.4, -0.2) is 0 Å². The lowest BCUT2D eigenvalue weighted by Gasteiger charge is -2.11. The minimum atomic E-state index is 0.430. The molecule has 0 aliphatic rings. The van der Waals surface area contributed by atoms with Crippen molar-refractivity contribution in [2.75, 3.05) is 0 Å². The molecule has 0 aromatic heterocycles. The maximum Gasteiger partial charge on any atom is 0.0848 e. The van der Waals surface area contributed by atoms with Gasteiger partial charge in [0, 0.05) is 5.56 Å². The molecule has 72 valence electrons. The van der Waals surface area contributed by atoms with E-state index in [1.807, 2.05) is 5.32 Å². The van der Waals surface area contributed by atoms with E-state index in [-0.39, 0.29) is 0 Å². The smallest absolute Gasteiger partial charge is 0.0848 e. The summed E-state index contributed by atoms with van der Waals surface area (Å²) in [5.41, 5.74) is 1.33. The van der Waals surface area contributed by atoms with Gasteiger partial charge < -0.3 is 5.32 Å². The molecule has 0 radical (unpaired) electrons. The summed E-state index contributed by atoms with van der Waals surface area (Å²) in [6.45, 7) is 2.16. The van der Waals surface area contributed by atoms with Crippen LogP contribution in [-0.2, 0) is 0 Å². The van der Waals surface area contributed by atoms with Crippen molar-refractivity contribution in [1.29, 1.82) is 0 Å². The average Bonchev–Trinajstić information content (AvgIpc) is 2.27. The van der Waals surface area contributed by atoms with Gasteiger partial charge in [-0.3, -0.25) is 0 Å². The summed E-state index contributed by atoms with van der Waals surface area (Å²) in [6.07, 6.45) is 0. The van der Waals surface area contributed by atoms with E-state index in [0.717, 1.165) is 0 Å². The van der Waals surface area contributed by atoms with Crippen molar-refractivity contribution in [3.63, 3.8) is 0 Å². The Balaban J connectivity index is 2.51. The van der Waals surface area contributed by atoms with Gasteiger partial charge in [-0.1, -0.05) is 36.4 Å². The van der Waals surface area contributed by atoms with Gasteiger partial charge in [-0.05, 0) is 23.8 Å². The Morgan fingerprint density at radius 3 is 2.50 bits per heavy atom. The quantitative estimate of drug-likeness (QED) is 0.691. The summed E-state index contributed by atoms with van der Waals surface area (Å²) in [6, 6.07) is 15.4. The Hall–Kier alpha value is -1.34. The fourth-order valence-corrected chi connectivity index (χ4v) is 1.63. The molecule has 2 aromatic rings. The van der Waals surface area contributed by atoms with Crippen molar-refractivity contribution in [3.8, 4) is 0 Å². The van der Waals surface area contributed by atoms with Gasteiger partial charge >= 0.3 is 0 Å².